The van der Waals surface area contributed by atoms with E-state index in [2.05, 4.69) is 6.58 Å². The number of rotatable bonds is 3. The van der Waals surface area contributed by atoms with Crippen LogP contribution in [0.3, 0.4) is 0 Å². The Balaban J connectivity index is 2.79. The second kappa shape index (κ2) is 3.19. The second-order valence-corrected chi connectivity index (χ2v) is 4.41. The van der Waals surface area contributed by atoms with E-state index in [0.29, 0.717) is 0 Å². The second-order valence-electron chi connectivity index (χ2n) is 3.29. The first-order chi connectivity index (χ1) is 5.52. The van der Waals surface area contributed by atoms with Gasteiger partial charge in [0, 0.05) is 0 Å². The fourth-order valence-corrected chi connectivity index (χ4v) is 1.62. The third-order valence-electron chi connectivity index (χ3n) is 1.54. The Bertz CT molecular complexity index is 262. The summed E-state index contributed by atoms with van der Waals surface area (Å²) in [6, 6.07) is 3.76. The normalized spacial score (nSPS) is 11.5. The molecule has 12 heavy (non-hydrogen) atoms. The molecule has 0 bridgehead atoms. The molecule has 0 aliphatic rings. The van der Waals surface area contributed by atoms with Crippen molar-refractivity contribution in [1.82, 2.24) is 0 Å². The molecule has 1 heterocycles. The van der Waals surface area contributed by atoms with Crippen molar-refractivity contribution in [2.45, 2.75) is 19.4 Å². The van der Waals surface area contributed by atoms with Crippen LogP contribution in [0.2, 0.25) is 0 Å². The van der Waals surface area contributed by atoms with Gasteiger partial charge in [0.15, 0.2) is 5.60 Å². The van der Waals surface area contributed by atoms with Gasteiger partial charge in [-0.05, 0) is 26.0 Å². The first-order valence-corrected chi connectivity index (χ1v) is 4.91. The first-order valence-electron chi connectivity index (χ1n) is 3.91. The summed E-state index contributed by atoms with van der Waals surface area (Å²) in [6.07, 6.45) is 1.65. The Morgan fingerprint density at radius 1 is 1.67 bits per heavy atom. The molecule has 0 atom stereocenters. The molecule has 66 valence electrons. The minimum Gasteiger partial charge on any atom is -0.491 e. The molecule has 0 saturated carbocycles. The van der Waals surface area contributed by atoms with Gasteiger partial charge in [-0.25, -0.2) is 0 Å². The molecule has 1 aromatic rings. The number of hydrogen-bond acceptors (Lipinski definition) is 2. The van der Waals surface area contributed by atoms with Gasteiger partial charge in [-0.1, -0.05) is 6.58 Å². The van der Waals surface area contributed by atoms with Crippen LogP contribution in [0.5, 0.6) is 0 Å². The van der Waals surface area contributed by atoms with Gasteiger partial charge in [0.2, 0.25) is 0 Å². The van der Waals surface area contributed by atoms with Gasteiger partial charge in [0.05, 0.1) is 21.9 Å². The quantitative estimate of drug-likeness (QED) is 0.520. The maximum absolute atomic E-state index is 5.56. The van der Waals surface area contributed by atoms with Crippen LogP contribution in [0.15, 0.2) is 34.8 Å². The molecular formula is C9H14O2Si. The van der Waals surface area contributed by atoms with Crippen LogP contribution in [-0.4, -0.2) is 10.2 Å². The van der Waals surface area contributed by atoms with Gasteiger partial charge in [0.25, 0.3) is 0 Å². The van der Waals surface area contributed by atoms with Crippen molar-refractivity contribution in [2.75, 3.05) is 0 Å². The van der Waals surface area contributed by atoms with Crippen LogP contribution in [-0.2, 0) is 10.3 Å². The van der Waals surface area contributed by atoms with Gasteiger partial charge in [-0.15, -0.1) is 0 Å². The van der Waals surface area contributed by atoms with Crippen molar-refractivity contribution in [1.29, 1.82) is 0 Å². The van der Waals surface area contributed by atoms with E-state index in [1.807, 2.05) is 26.0 Å². The molecular weight excluding hydrogens is 168 g/mol. The highest BCUT2D eigenvalue weighted by Crippen LogP contribution is 2.26. The van der Waals surface area contributed by atoms with Crippen molar-refractivity contribution in [3.8, 4) is 0 Å². The summed E-state index contributed by atoms with van der Waals surface area (Å²) in [5.74, 6) is 0.833. The molecule has 0 fully saturated rings. The van der Waals surface area contributed by atoms with E-state index in [1.165, 1.54) is 0 Å². The fraction of sp³-hybridized carbons (Fsp3) is 0.333. The molecule has 0 N–H and O–H groups in total. The van der Waals surface area contributed by atoms with Crippen LogP contribution in [0, 0.1) is 0 Å². The summed E-state index contributed by atoms with van der Waals surface area (Å²) in [5, 5.41) is 0.830. The minimum absolute atomic E-state index is 0.387. The lowest BCUT2D eigenvalue weighted by molar-refractivity contribution is 0.0265. The lowest BCUT2D eigenvalue weighted by atomic mass is 10.1. The lowest BCUT2D eigenvalue weighted by Crippen LogP contribution is -2.20. The van der Waals surface area contributed by atoms with E-state index in [9.17, 15) is 0 Å². The third-order valence-corrected chi connectivity index (χ3v) is 1.75. The van der Waals surface area contributed by atoms with Gasteiger partial charge < -0.3 is 9.15 Å². The van der Waals surface area contributed by atoms with Crippen LogP contribution in [0.1, 0.15) is 19.6 Å². The number of furan rings is 1. The first kappa shape index (κ1) is 9.13. The highest BCUT2D eigenvalue weighted by atomic mass is 28.1. The summed E-state index contributed by atoms with van der Waals surface area (Å²) in [5.41, 5.74) is -0.387. The zero-order valence-corrected chi connectivity index (χ0v) is 9.76. The Labute approximate surface area is 75.6 Å². The molecule has 0 radical (unpaired) electrons. The molecule has 3 heteroatoms. The summed E-state index contributed by atoms with van der Waals surface area (Å²) in [6.45, 7) is 7.68. The third kappa shape index (κ3) is 2.01. The maximum Gasteiger partial charge on any atom is 0.159 e. The Hall–Kier alpha value is -0.963. The number of ether oxygens (including phenoxy) is 1. The fourth-order valence-electron chi connectivity index (χ4n) is 1.11. The van der Waals surface area contributed by atoms with E-state index in [4.69, 9.17) is 9.15 Å². The van der Waals surface area contributed by atoms with Gasteiger partial charge in [-0.3, -0.25) is 0 Å². The zero-order chi connectivity index (χ0) is 9.19. The Kier molecular flexibility index (Phi) is 2.42. The number of hydrogen-bond donors (Lipinski definition) is 0. The largest absolute Gasteiger partial charge is 0.491 e. The van der Waals surface area contributed by atoms with Crippen LogP contribution < -0.4 is 0 Å². The van der Waals surface area contributed by atoms with Crippen molar-refractivity contribution in [3.63, 3.8) is 0 Å². The van der Waals surface area contributed by atoms with Crippen LogP contribution >= 0.6 is 0 Å². The van der Waals surface area contributed by atoms with Crippen LogP contribution in [0.25, 0.3) is 0 Å². The smallest absolute Gasteiger partial charge is 0.159 e. The van der Waals surface area contributed by atoms with Crippen molar-refractivity contribution >= 4 is 10.2 Å². The highest BCUT2D eigenvalue weighted by Gasteiger charge is 2.24. The summed E-state index contributed by atoms with van der Waals surface area (Å²) >= 11 is 0. The summed E-state index contributed by atoms with van der Waals surface area (Å²) in [7, 11) is 0.851. The topological polar surface area (TPSA) is 22.4 Å². The standard InChI is InChI=1S/C9H14O2Si/c1-7(12)11-9(2,3)8-5-4-6-10-8/h4-6H,1H2,2-3,12H3. The van der Waals surface area contributed by atoms with Crippen molar-refractivity contribution in [3.05, 3.63) is 36.1 Å². The van der Waals surface area contributed by atoms with Gasteiger partial charge in [0.1, 0.15) is 5.76 Å². The predicted molar refractivity (Wildman–Crippen MR) is 51.9 cm³/mol. The summed E-state index contributed by atoms with van der Waals surface area (Å²) < 4.78 is 10.8. The highest BCUT2D eigenvalue weighted by molar-refractivity contribution is 6.19. The monoisotopic (exact) mass is 182 g/mol. The van der Waals surface area contributed by atoms with E-state index >= 15 is 0 Å². The predicted octanol–water partition coefficient (Wildman–Crippen LogP) is 1.37. The lowest BCUT2D eigenvalue weighted by Gasteiger charge is -2.24. The molecule has 0 aliphatic heterocycles. The van der Waals surface area contributed by atoms with Crippen LogP contribution in [0.4, 0.5) is 0 Å². The van der Waals surface area contributed by atoms with E-state index < -0.39 is 0 Å². The molecule has 0 amide bonds. The minimum atomic E-state index is -0.387. The SMILES string of the molecule is C=C([SiH3])OC(C)(C)c1ccco1. The molecule has 1 rings (SSSR count). The van der Waals surface area contributed by atoms with E-state index in [1.54, 1.807) is 6.26 Å². The van der Waals surface area contributed by atoms with E-state index in [0.717, 1.165) is 21.4 Å². The molecule has 1 aromatic heterocycles. The van der Waals surface area contributed by atoms with Crippen molar-refractivity contribution < 1.29 is 9.15 Å². The van der Waals surface area contributed by atoms with E-state index in [-0.39, 0.29) is 5.60 Å². The Morgan fingerprint density at radius 2 is 2.33 bits per heavy atom. The average Bonchev–Trinajstić information content (AvgIpc) is 2.32. The van der Waals surface area contributed by atoms with Gasteiger partial charge >= 0.3 is 0 Å². The van der Waals surface area contributed by atoms with Crippen molar-refractivity contribution in [2.24, 2.45) is 0 Å². The average molecular weight is 182 g/mol. The van der Waals surface area contributed by atoms with Gasteiger partial charge in [-0.2, -0.15) is 0 Å². The molecule has 2 nitrogen and oxygen atoms in total. The zero-order valence-electron chi connectivity index (χ0n) is 7.76. The Morgan fingerprint density at radius 3 is 2.75 bits per heavy atom. The molecule has 0 aliphatic carbocycles. The molecule has 0 unspecified atom stereocenters. The summed E-state index contributed by atoms with van der Waals surface area (Å²) in [4.78, 5) is 0. The maximum atomic E-state index is 5.56. The molecule has 0 saturated heterocycles. The molecule has 0 spiro atoms. The molecule has 0 aromatic carbocycles.